The van der Waals surface area contributed by atoms with E-state index >= 15 is 0 Å². The van der Waals surface area contributed by atoms with Gasteiger partial charge in [0.25, 0.3) is 0 Å². The maximum Gasteiger partial charge on any atom is 0.0897 e. The molecule has 1 aromatic heterocycles. The third kappa shape index (κ3) is 3.31. The lowest BCUT2D eigenvalue weighted by Crippen LogP contribution is -2.14. The van der Waals surface area contributed by atoms with E-state index in [1.165, 1.54) is 4.88 Å². The zero-order valence-corrected chi connectivity index (χ0v) is 8.83. The first kappa shape index (κ1) is 9.16. The molecule has 0 amide bonds. The molecule has 11 heavy (non-hydrogen) atoms. The molecule has 0 aromatic carbocycles. The van der Waals surface area contributed by atoms with Crippen molar-refractivity contribution in [3.8, 4) is 0 Å². The minimum atomic E-state index is 0.942. The lowest BCUT2D eigenvalue weighted by Gasteiger charge is -1.96. The van der Waals surface area contributed by atoms with Crippen molar-refractivity contribution in [1.29, 1.82) is 0 Å². The summed E-state index contributed by atoms with van der Waals surface area (Å²) < 4.78 is 0. The van der Waals surface area contributed by atoms with Crippen molar-refractivity contribution in [2.45, 2.75) is 13.5 Å². The number of hydrogen-bond acceptors (Lipinski definition) is 3. The van der Waals surface area contributed by atoms with Gasteiger partial charge in [0.2, 0.25) is 0 Å². The number of nitrogens with one attached hydrogen (secondary N) is 1. The van der Waals surface area contributed by atoms with Crippen molar-refractivity contribution in [2.75, 3.05) is 11.9 Å². The molecule has 0 fully saturated rings. The zero-order valence-electron chi connectivity index (χ0n) is 6.43. The minimum Gasteiger partial charge on any atom is -0.311 e. The molecule has 0 bridgehead atoms. The van der Waals surface area contributed by atoms with Crippen molar-refractivity contribution in [3.63, 3.8) is 0 Å². The maximum absolute atomic E-state index is 4.16. The highest BCUT2D eigenvalue weighted by atomic mass is 79.9. The van der Waals surface area contributed by atoms with Crippen LogP contribution in [0.15, 0.2) is 6.20 Å². The number of thiazole rings is 1. The van der Waals surface area contributed by atoms with E-state index in [4.69, 9.17) is 0 Å². The topological polar surface area (TPSA) is 24.9 Å². The van der Waals surface area contributed by atoms with Crippen LogP contribution < -0.4 is 5.32 Å². The van der Waals surface area contributed by atoms with Crippen LogP contribution in [0.3, 0.4) is 0 Å². The highest BCUT2D eigenvalue weighted by Crippen LogP contribution is 2.10. The van der Waals surface area contributed by atoms with E-state index in [0.717, 1.165) is 23.4 Å². The van der Waals surface area contributed by atoms with Crippen LogP contribution in [0, 0.1) is 6.92 Å². The fraction of sp³-hybridized carbons (Fsp3) is 0.571. The Morgan fingerprint density at radius 1 is 1.73 bits per heavy atom. The number of aryl methyl sites for hydroxylation is 1. The van der Waals surface area contributed by atoms with Gasteiger partial charge in [-0.25, -0.2) is 4.98 Å². The Morgan fingerprint density at radius 2 is 2.55 bits per heavy atom. The molecular formula is C7H11BrN2S. The van der Waals surface area contributed by atoms with Gasteiger partial charge in [-0.15, -0.1) is 11.3 Å². The van der Waals surface area contributed by atoms with E-state index in [2.05, 4.69) is 26.2 Å². The largest absolute Gasteiger partial charge is 0.311 e. The van der Waals surface area contributed by atoms with Crippen LogP contribution in [0.5, 0.6) is 0 Å². The van der Waals surface area contributed by atoms with Gasteiger partial charge in [-0.3, -0.25) is 0 Å². The molecule has 4 heteroatoms. The molecule has 62 valence electrons. The third-order valence-corrected chi connectivity index (χ3v) is 2.55. The molecule has 0 saturated carbocycles. The molecule has 0 atom stereocenters. The Labute approximate surface area is 79.2 Å². The summed E-state index contributed by atoms with van der Waals surface area (Å²) >= 11 is 5.10. The lowest BCUT2D eigenvalue weighted by molar-refractivity contribution is 0.742. The van der Waals surface area contributed by atoms with E-state index in [1.807, 2.05) is 13.1 Å². The molecule has 0 radical (unpaired) electrons. The van der Waals surface area contributed by atoms with Crippen LogP contribution in [-0.2, 0) is 6.54 Å². The summed E-state index contributed by atoms with van der Waals surface area (Å²) in [7, 11) is 0. The van der Waals surface area contributed by atoms with E-state index in [9.17, 15) is 0 Å². The van der Waals surface area contributed by atoms with Crippen molar-refractivity contribution < 1.29 is 0 Å². The van der Waals surface area contributed by atoms with Crippen molar-refractivity contribution in [1.82, 2.24) is 10.3 Å². The standard InChI is InChI=1S/C7H11BrN2S/c1-6-10-5-7(11-6)4-9-3-2-8/h5,9H,2-4H2,1H3. The van der Waals surface area contributed by atoms with Gasteiger partial charge in [-0.1, -0.05) is 15.9 Å². The number of aromatic nitrogens is 1. The summed E-state index contributed by atoms with van der Waals surface area (Å²) in [6, 6.07) is 0. The van der Waals surface area contributed by atoms with Crippen LogP contribution in [0.25, 0.3) is 0 Å². The van der Waals surface area contributed by atoms with Crippen molar-refractivity contribution in [2.24, 2.45) is 0 Å². The summed E-state index contributed by atoms with van der Waals surface area (Å²) in [4.78, 5) is 5.47. The second-order valence-electron chi connectivity index (χ2n) is 2.21. The van der Waals surface area contributed by atoms with Gasteiger partial charge in [0.05, 0.1) is 5.01 Å². The first-order valence-electron chi connectivity index (χ1n) is 3.51. The summed E-state index contributed by atoms with van der Waals surface area (Å²) in [6.45, 7) is 3.98. The minimum absolute atomic E-state index is 0.942. The number of nitrogens with zero attached hydrogens (tertiary/aromatic N) is 1. The SMILES string of the molecule is Cc1ncc(CNCCBr)s1. The Balaban J connectivity index is 2.27. The van der Waals surface area contributed by atoms with Gasteiger partial charge in [0.1, 0.15) is 0 Å². The second-order valence-corrected chi connectivity index (χ2v) is 4.32. The fourth-order valence-corrected chi connectivity index (χ4v) is 1.81. The third-order valence-electron chi connectivity index (χ3n) is 1.24. The summed E-state index contributed by atoms with van der Waals surface area (Å²) in [5, 5.41) is 5.43. The second kappa shape index (κ2) is 4.85. The molecule has 1 heterocycles. The first-order valence-corrected chi connectivity index (χ1v) is 5.44. The Kier molecular flexibility index (Phi) is 4.04. The van der Waals surface area contributed by atoms with Gasteiger partial charge < -0.3 is 5.32 Å². The predicted octanol–water partition coefficient (Wildman–Crippen LogP) is 1.94. The number of alkyl halides is 1. The molecule has 1 N–H and O–H groups in total. The highest BCUT2D eigenvalue weighted by molar-refractivity contribution is 9.09. The van der Waals surface area contributed by atoms with Gasteiger partial charge in [0, 0.05) is 29.5 Å². The van der Waals surface area contributed by atoms with Gasteiger partial charge in [-0.2, -0.15) is 0 Å². The average Bonchev–Trinajstić information content (AvgIpc) is 2.37. The predicted molar refractivity (Wildman–Crippen MR) is 52.4 cm³/mol. The lowest BCUT2D eigenvalue weighted by atomic mass is 10.5. The summed E-state index contributed by atoms with van der Waals surface area (Å²) in [5.41, 5.74) is 0. The number of rotatable bonds is 4. The van der Waals surface area contributed by atoms with Gasteiger partial charge in [-0.05, 0) is 6.92 Å². The molecule has 0 aliphatic rings. The molecule has 0 aliphatic heterocycles. The Bertz CT molecular complexity index is 212. The van der Waals surface area contributed by atoms with E-state index in [-0.39, 0.29) is 0 Å². The molecule has 0 saturated heterocycles. The molecule has 2 nitrogen and oxygen atoms in total. The van der Waals surface area contributed by atoms with E-state index in [1.54, 1.807) is 11.3 Å². The van der Waals surface area contributed by atoms with Crippen LogP contribution >= 0.6 is 27.3 Å². The average molecular weight is 235 g/mol. The maximum atomic E-state index is 4.16. The van der Waals surface area contributed by atoms with Crippen molar-refractivity contribution >= 4 is 27.3 Å². The monoisotopic (exact) mass is 234 g/mol. The Morgan fingerprint density at radius 3 is 3.09 bits per heavy atom. The number of hydrogen-bond donors (Lipinski definition) is 1. The molecule has 0 aliphatic carbocycles. The molecule has 1 aromatic rings. The van der Waals surface area contributed by atoms with Crippen LogP contribution in [-0.4, -0.2) is 16.9 Å². The van der Waals surface area contributed by atoms with Crippen LogP contribution in [0.2, 0.25) is 0 Å². The summed E-state index contributed by atoms with van der Waals surface area (Å²) in [5.74, 6) is 0. The summed E-state index contributed by atoms with van der Waals surface area (Å²) in [6.07, 6.45) is 1.93. The van der Waals surface area contributed by atoms with Crippen LogP contribution in [0.1, 0.15) is 9.88 Å². The highest BCUT2D eigenvalue weighted by Gasteiger charge is 1.95. The normalized spacial score (nSPS) is 10.4. The van der Waals surface area contributed by atoms with E-state index < -0.39 is 0 Å². The zero-order chi connectivity index (χ0) is 8.10. The van der Waals surface area contributed by atoms with Gasteiger partial charge in [0.15, 0.2) is 0 Å². The first-order chi connectivity index (χ1) is 5.33. The smallest absolute Gasteiger partial charge is 0.0897 e. The fourth-order valence-electron chi connectivity index (χ4n) is 0.765. The van der Waals surface area contributed by atoms with Gasteiger partial charge >= 0.3 is 0 Å². The van der Waals surface area contributed by atoms with Crippen LogP contribution in [0.4, 0.5) is 0 Å². The Hall–Kier alpha value is 0.0700. The molecule has 1 rings (SSSR count). The quantitative estimate of drug-likeness (QED) is 0.637. The van der Waals surface area contributed by atoms with E-state index in [0.29, 0.717) is 0 Å². The molecule has 0 spiro atoms. The molecular weight excluding hydrogens is 224 g/mol. The van der Waals surface area contributed by atoms with Crippen molar-refractivity contribution in [3.05, 3.63) is 16.1 Å². The number of halogens is 1. The molecule has 0 unspecified atom stereocenters.